The number of allylic oxidation sites excluding steroid dienone is 3. The van der Waals surface area contributed by atoms with Crippen LogP contribution in [0.25, 0.3) is 0 Å². The standard InChI is InChI=1S/C23H30O9/c1-6-14(3)19-23(21(27)29-5,32-22(28)31-19)11-7-8-13(2)9-10-16(24)18-17(25)12-15(4)30-20(18)26/h7,11,14-15,19,24H,2,6,8-10,12H2,1,3-5H3/b11-7+,18-16+/t14-,15-,19+,23-/m0/s1. The molecule has 4 atom stereocenters. The largest absolute Gasteiger partial charge is 0.511 e. The van der Waals surface area contributed by atoms with E-state index in [4.69, 9.17) is 18.9 Å². The van der Waals surface area contributed by atoms with Crippen molar-refractivity contribution in [2.45, 2.75) is 70.7 Å². The first-order valence-electron chi connectivity index (χ1n) is 10.5. The minimum absolute atomic E-state index is 0.0303. The van der Waals surface area contributed by atoms with Crippen LogP contribution >= 0.6 is 0 Å². The fourth-order valence-corrected chi connectivity index (χ4v) is 3.64. The molecule has 0 aromatic carbocycles. The molecule has 176 valence electrons. The number of hydrogen-bond acceptors (Lipinski definition) is 9. The van der Waals surface area contributed by atoms with Crippen molar-refractivity contribution < 1.29 is 43.2 Å². The van der Waals surface area contributed by atoms with Crippen molar-refractivity contribution in [1.82, 2.24) is 0 Å². The average molecular weight is 450 g/mol. The van der Waals surface area contributed by atoms with Gasteiger partial charge < -0.3 is 24.1 Å². The molecule has 9 heteroatoms. The van der Waals surface area contributed by atoms with Gasteiger partial charge in [0.1, 0.15) is 17.4 Å². The number of methoxy groups -OCH3 is 1. The highest BCUT2D eigenvalue weighted by molar-refractivity contribution is 6.19. The first kappa shape index (κ1) is 25.2. The van der Waals surface area contributed by atoms with Crippen LogP contribution in [0, 0.1) is 5.92 Å². The van der Waals surface area contributed by atoms with Gasteiger partial charge in [-0.25, -0.2) is 14.4 Å². The van der Waals surface area contributed by atoms with Crippen molar-refractivity contribution in [2.75, 3.05) is 7.11 Å². The van der Waals surface area contributed by atoms with Crippen LogP contribution in [0.5, 0.6) is 0 Å². The number of ketones is 1. The van der Waals surface area contributed by atoms with Gasteiger partial charge in [0.25, 0.3) is 5.60 Å². The van der Waals surface area contributed by atoms with Crippen LogP contribution in [0.2, 0.25) is 0 Å². The normalized spacial score (nSPS) is 28.1. The molecule has 0 unspecified atom stereocenters. The van der Waals surface area contributed by atoms with E-state index in [1.54, 1.807) is 13.0 Å². The van der Waals surface area contributed by atoms with Crippen molar-refractivity contribution in [3.8, 4) is 0 Å². The maximum atomic E-state index is 12.5. The molecule has 0 spiro atoms. The fourth-order valence-electron chi connectivity index (χ4n) is 3.64. The third kappa shape index (κ3) is 5.38. The molecule has 2 fully saturated rings. The van der Waals surface area contributed by atoms with Crippen molar-refractivity contribution in [2.24, 2.45) is 5.92 Å². The van der Waals surface area contributed by atoms with Gasteiger partial charge in [-0.05, 0) is 38.2 Å². The molecule has 0 aromatic rings. The Bertz CT molecular complexity index is 834. The summed E-state index contributed by atoms with van der Waals surface area (Å²) in [6.07, 6.45) is 2.05. The van der Waals surface area contributed by atoms with Gasteiger partial charge in [0, 0.05) is 12.8 Å². The van der Waals surface area contributed by atoms with Crippen LogP contribution in [-0.4, -0.2) is 53.9 Å². The Morgan fingerprint density at radius 3 is 2.59 bits per heavy atom. The van der Waals surface area contributed by atoms with E-state index in [1.165, 1.54) is 13.2 Å². The predicted molar refractivity (Wildman–Crippen MR) is 113 cm³/mol. The lowest BCUT2D eigenvalue weighted by molar-refractivity contribution is -0.158. The zero-order valence-electron chi connectivity index (χ0n) is 18.8. The summed E-state index contributed by atoms with van der Waals surface area (Å²) >= 11 is 0. The van der Waals surface area contributed by atoms with Crippen LogP contribution in [-0.2, 0) is 33.3 Å². The van der Waals surface area contributed by atoms with Crippen LogP contribution in [0.4, 0.5) is 4.79 Å². The van der Waals surface area contributed by atoms with Crippen molar-refractivity contribution in [3.05, 3.63) is 35.6 Å². The summed E-state index contributed by atoms with van der Waals surface area (Å²) in [6, 6.07) is 0. The molecule has 0 radical (unpaired) electrons. The molecule has 0 bridgehead atoms. The summed E-state index contributed by atoms with van der Waals surface area (Å²) < 4.78 is 20.3. The Kier molecular flexibility index (Phi) is 8.24. The van der Waals surface area contributed by atoms with E-state index in [9.17, 15) is 24.3 Å². The number of Topliss-reactive ketones (excluding diaryl/α,β-unsaturated/α-hetero) is 1. The molecule has 2 saturated heterocycles. The SMILES string of the molecule is C=C(C/C=C/[C@]1(C(=O)OC)OC(=O)O[C@@H]1[C@@H](C)CC)CC/C(O)=C1/C(=O)C[C@H](C)OC1=O. The summed E-state index contributed by atoms with van der Waals surface area (Å²) in [7, 11) is 1.20. The summed E-state index contributed by atoms with van der Waals surface area (Å²) in [6.45, 7) is 9.27. The first-order chi connectivity index (χ1) is 15.0. The molecule has 0 aliphatic carbocycles. The van der Waals surface area contributed by atoms with Crippen molar-refractivity contribution >= 4 is 23.9 Å². The number of esters is 2. The number of aliphatic hydroxyl groups is 1. The average Bonchev–Trinajstić information content (AvgIpc) is 3.07. The van der Waals surface area contributed by atoms with E-state index in [0.29, 0.717) is 18.4 Å². The van der Waals surface area contributed by atoms with E-state index < -0.39 is 41.7 Å². The molecule has 0 saturated carbocycles. The number of carbonyl (C=O) groups excluding carboxylic acids is 4. The second kappa shape index (κ2) is 10.5. The Morgan fingerprint density at radius 1 is 1.31 bits per heavy atom. The highest BCUT2D eigenvalue weighted by Gasteiger charge is 2.58. The summed E-state index contributed by atoms with van der Waals surface area (Å²) in [5.41, 5.74) is -1.35. The number of cyclic esters (lactones) is 3. The Balaban J connectivity index is 2.06. The maximum absolute atomic E-state index is 12.5. The minimum atomic E-state index is -1.69. The third-order valence-corrected chi connectivity index (χ3v) is 5.60. The highest BCUT2D eigenvalue weighted by atomic mass is 16.8. The molecular formula is C23H30O9. The fraction of sp³-hybridized carbons (Fsp3) is 0.565. The number of carbonyl (C=O) groups is 4. The van der Waals surface area contributed by atoms with Crippen LogP contribution in [0.3, 0.4) is 0 Å². The quantitative estimate of drug-likeness (QED) is 0.140. The molecule has 2 rings (SSSR count). The first-order valence-corrected chi connectivity index (χ1v) is 10.5. The Morgan fingerprint density at radius 2 is 2.00 bits per heavy atom. The Labute approximate surface area is 187 Å². The summed E-state index contributed by atoms with van der Waals surface area (Å²) in [4.78, 5) is 48.2. The third-order valence-electron chi connectivity index (χ3n) is 5.60. The van der Waals surface area contributed by atoms with Crippen LogP contribution in [0.15, 0.2) is 35.6 Å². The molecule has 1 N–H and O–H groups in total. The van der Waals surface area contributed by atoms with E-state index in [1.807, 2.05) is 13.8 Å². The number of hydrogen-bond donors (Lipinski definition) is 1. The lowest BCUT2D eigenvalue weighted by atomic mass is 9.85. The predicted octanol–water partition coefficient (Wildman–Crippen LogP) is 3.48. The zero-order chi connectivity index (χ0) is 24.1. The lowest BCUT2D eigenvalue weighted by Crippen LogP contribution is -2.49. The lowest BCUT2D eigenvalue weighted by Gasteiger charge is -2.28. The molecular weight excluding hydrogens is 420 g/mol. The summed E-state index contributed by atoms with van der Waals surface area (Å²) in [5, 5.41) is 10.2. The molecule has 0 aromatic heterocycles. The van der Waals surface area contributed by atoms with Gasteiger partial charge in [0.15, 0.2) is 11.9 Å². The van der Waals surface area contributed by atoms with Crippen LogP contribution < -0.4 is 0 Å². The number of rotatable bonds is 9. The van der Waals surface area contributed by atoms with Gasteiger partial charge in [0.05, 0.1) is 7.11 Å². The van der Waals surface area contributed by atoms with Gasteiger partial charge in [0.2, 0.25) is 0 Å². The molecule has 2 aliphatic rings. The minimum Gasteiger partial charge on any atom is -0.511 e. The molecule has 0 amide bonds. The zero-order valence-corrected chi connectivity index (χ0v) is 18.8. The van der Waals surface area contributed by atoms with E-state index in [2.05, 4.69) is 6.58 Å². The highest BCUT2D eigenvalue weighted by Crippen LogP contribution is 2.36. The second-order valence-electron chi connectivity index (χ2n) is 8.08. The van der Waals surface area contributed by atoms with Crippen molar-refractivity contribution in [1.29, 1.82) is 0 Å². The molecule has 9 nitrogen and oxygen atoms in total. The van der Waals surface area contributed by atoms with E-state index >= 15 is 0 Å². The van der Waals surface area contributed by atoms with E-state index in [-0.39, 0.29) is 36.5 Å². The second-order valence-corrected chi connectivity index (χ2v) is 8.08. The Hall–Kier alpha value is -3.10. The smallest absolute Gasteiger partial charge is 0.510 e. The van der Waals surface area contributed by atoms with Gasteiger partial charge in [-0.2, -0.15) is 0 Å². The van der Waals surface area contributed by atoms with Gasteiger partial charge in [-0.1, -0.05) is 32.1 Å². The van der Waals surface area contributed by atoms with Crippen molar-refractivity contribution in [3.63, 3.8) is 0 Å². The van der Waals surface area contributed by atoms with E-state index in [0.717, 1.165) is 0 Å². The number of ether oxygens (including phenoxy) is 4. The van der Waals surface area contributed by atoms with Gasteiger partial charge in [-0.15, -0.1) is 0 Å². The molecule has 2 heterocycles. The van der Waals surface area contributed by atoms with Gasteiger partial charge in [-0.3, -0.25) is 4.79 Å². The summed E-state index contributed by atoms with van der Waals surface area (Å²) in [5.74, 6) is -2.52. The monoisotopic (exact) mass is 450 g/mol. The topological polar surface area (TPSA) is 125 Å². The number of aliphatic hydroxyl groups excluding tert-OH is 1. The molecule has 2 aliphatic heterocycles. The maximum Gasteiger partial charge on any atom is 0.510 e. The molecule has 32 heavy (non-hydrogen) atoms. The van der Waals surface area contributed by atoms with Gasteiger partial charge >= 0.3 is 18.1 Å². The van der Waals surface area contributed by atoms with Crippen LogP contribution in [0.1, 0.15) is 52.9 Å².